The van der Waals surface area contributed by atoms with Gasteiger partial charge in [0, 0.05) is 6.54 Å². The Morgan fingerprint density at radius 3 is 2.85 bits per heavy atom. The van der Waals surface area contributed by atoms with Crippen molar-refractivity contribution in [2.45, 2.75) is 18.9 Å². The number of nitrogens with one attached hydrogen (secondary N) is 1. The molecule has 0 spiro atoms. The van der Waals surface area contributed by atoms with Gasteiger partial charge in [0.15, 0.2) is 11.5 Å². The first-order chi connectivity index (χ1) is 9.92. The predicted octanol–water partition coefficient (Wildman–Crippen LogP) is 1.35. The van der Waals surface area contributed by atoms with Gasteiger partial charge >= 0.3 is 0 Å². The van der Waals surface area contributed by atoms with Crippen molar-refractivity contribution in [1.82, 2.24) is 5.32 Å². The SMILES string of the molecule is c1cc2c(cc1CCNCC1CCOCO1)OCCO2. The predicted molar refractivity (Wildman–Crippen MR) is 74.3 cm³/mol. The van der Waals surface area contributed by atoms with E-state index in [0.29, 0.717) is 20.0 Å². The van der Waals surface area contributed by atoms with E-state index in [0.717, 1.165) is 44.0 Å². The molecule has 0 amide bonds. The molecule has 110 valence electrons. The third-order valence-corrected chi connectivity index (χ3v) is 3.54. The van der Waals surface area contributed by atoms with Gasteiger partial charge in [0.05, 0.1) is 12.7 Å². The first-order valence-corrected chi connectivity index (χ1v) is 7.20. The van der Waals surface area contributed by atoms with Crippen molar-refractivity contribution in [3.8, 4) is 11.5 Å². The fraction of sp³-hybridized carbons (Fsp3) is 0.600. The summed E-state index contributed by atoms with van der Waals surface area (Å²) in [5.74, 6) is 1.71. The Morgan fingerprint density at radius 2 is 2.00 bits per heavy atom. The van der Waals surface area contributed by atoms with E-state index in [1.807, 2.05) is 6.07 Å². The summed E-state index contributed by atoms with van der Waals surface area (Å²) in [6.07, 6.45) is 2.22. The number of fused-ring (bicyclic) bond motifs is 1. The fourth-order valence-corrected chi connectivity index (χ4v) is 2.40. The van der Waals surface area contributed by atoms with Gasteiger partial charge in [-0.05, 0) is 37.1 Å². The molecule has 1 atom stereocenters. The van der Waals surface area contributed by atoms with E-state index >= 15 is 0 Å². The van der Waals surface area contributed by atoms with Crippen LogP contribution in [0.3, 0.4) is 0 Å². The van der Waals surface area contributed by atoms with Gasteiger partial charge < -0.3 is 24.3 Å². The highest BCUT2D eigenvalue weighted by molar-refractivity contribution is 5.43. The lowest BCUT2D eigenvalue weighted by Gasteiger charge is -2.23. The Labute approximate surface area is 119 Å². The summed E-state index contributed by atoms with van der Waals surface area (Å²) in [5, 5.41) is 3.43. The molecule has 1 N–H and O–H groups in total. The molecule has 2 heterocycles. The molecule has 0 aromatic heterocycles. The van der Waals surface area contributed by atoms with E-state index in [-0.39, 0.29) is 6.10 Å². The van der Waals surface area contributed by atoms with Crippen molar-refractivity contribution in [3.05, 3.63) is 23.8 Å². The van der Waals surface area contributed by atoms with Crippen LogP contribution in [0.1, 0.15) is 12.0 Å². The Bertz CT molecular complexity index is 432. The van der Waals surface area contributed by atoms with Crippen LogP contribution in [0.2, 0.25) is 0 Å². The molecule has 2 aliphatic rings. The molecule has 0 aliphatic carbocycles. The topological polar surface area (TPSA) is 49.0 Å². The van der Waals surface area contributed by atoms with Crippen LogP contribution in [0.15, 0.2) is 18.2 Å². The van der Waals surface area contributed by atoms with E-state index in [1.165, 1.54) is 5.56 Å². The van der Waals surface area contributed by atoms with Gasteiger partial charge in [-0.15, -0.1) is 0 Å². The van der Waals surface area contributed by atoms with E-state index in [4.69, 9.17) is 18.9 Å². The number of hydrogen-bond acceptors (Lipinski definition) is 5. The van der Waals surface area contributed by atoms with Crippen molar-refractivity contribution in [3.63, 3.8) is 0 Å². The van der Waals surface area contributed by atoms with Gasteiger partial charge in [0.2, 0.25) is 0 Å². The third kappa shape index (κ3) is 3.62. The minimum atomic E-state index is 0.281. The molecule has 5 nitrogen and oxygen atoms in total. The number of ether oxygens (including phenoxy) is 4. The highest BCUT2D eigenvalue weighted by atomic mass is 16.7. The normalized spacial score (nSPS) is 21.7. The minimum absolute atomic E-state index is 0.281. The summed E-state index contributed by atoms with van der Waals surface area (Å²) in [5.41, 5.74) is 1.26. The second-order valence-corrected chi connectivity index (χ2v) is 5.04. The molecule has 1 aromatic rings. The molecule has 2 aliphatic heterocycles. The summed E-state index contributed by atoms with van der Waals surface area (Å²) in [6.45, 7) is 4.31. The molecule has 1 saturated heterocycles. The summed E-state index contributed by atoms with van der Waals surface area (Å²) < 4.78 is 21.7. The average molecular weight is 279 g/mol. The van der Waals surface area contributed by atoms with Crippen molar-refractivity contribution in [2.75, 3.05) is 39.7 Å². The smallest absolute Gasteiger partial charge is 0.161 e. The van der Waals surface area contributed by atoms with E-state index in [9.17, 15) is 0 Å². The fourth-order valence-electron chi connectivity index (χ4n) is 2.40. The molecular weight excluding hydrogens is 258 g/mol. The van der Waals surface area contributed by atoms with E-state index in [2.05, 4.69) is 17.4 Å². The van der Waals surface area contributed by atoms with Crippen molar-refractivity contribution in [1.29, 1.82) is 0 Å². The van der Waals surface area contributed by atoms with Gasteiger partial charge in [-0.2, -0.15) is 0 Å². The first-order valence-electron chi connectivity index (χ1n) is 7.20. The highest BCUT2D eigenvalue weighted by Gasteiger charge is 2.14. The van der Waals surface area contributed by atoms with Gasteiger partial charge in [0.1, 0.15) is 20.0 Å². The van der Waals surface area contributed by atoms with Crippen LogP contribution in [0.25, 0.3) is 0 Å². The van der Waals surface area contributed by atoms with Crippen molar-refractivity contribution < 1.29 is 18.9 Å². The molecule has 0 radical (unpaired) electrons. The highest BCUT2D eigenvalue weighted by Crippen LogP contribution is 2.30. The van der Waals surface area contributed by atoms with Gasteiger partial charge in [-0.3, -0.25) is 0 Å². The van der Waals surface area contributed by atoms with Crippen LogP contribution in [-0.4, -0.2) is 45.8 Å². The van der Waals surface area contributed by atoms with Crippen LogP contribution in [0.5, 0.6) is 11.5 Å². The summed E-state index contributed by atoms with van der Waals surface area (Å²) in [6, 6.07) is 6.16. The van der Waals surface area contributed by atoms with Gasteiger partial charge in [-0.25, -0.2) is 0 Å². The Balaban J connectivity index is 1.41. The monoisotopic (exact) mass is 279 g/mol. The van der Waals surface area contributed by atoms with Crippen LogP contribution in [0.4, 0.5) is 0 Å². The Morgan fingerprint density at radius 1 is 1.10 bits per heavy atom. The molecule has 0 bridgehead atoms. The molecule has 20 heavy (non-hydrogen) atoms. The lowest BCUT2D eigenvalue weighted by atomic mass is 10.1. The lowest BCUT2D eigenvalue weighted by Crippen LogP contribution is -2.34. The maximum atomic E-state index is 5.59. The van der Waals surface area contributed by atoms with Crippen LogP contribution in [-0.2, 0) is 15.9 Å². The summed E-state index contributed by atoms with van der Waals surface area (Å²) in [7, 11) is 0. The standard InChI is InChI=1S/C15H21NO4/c1-2-14-15(19-8-7-18-14)9-12(1)3-5-16-10-13-4-6-17-11-20-13/h1-2,9,13,16H,3-8,10-11H2. The van der Waals surface area contributed by atoms with Crippen LogP contribution >= 0.6 is 0 Å². The zero-order chi connectivity index (χ0) is 13.6. The molecule has 3 rings (SSSR count). The second-order valence-electron chi connectivity index (χ2n) is 5.04. The number of hydrogen-bond donors (Lipinski definition) is 1. The third-order valence-electron chi connectivity index (χ3n) is 3.54. The van der Waals surface area contributed by atoms with Crippen LogP contribution < -0.4 is 14.8 Å². The zero-order valence-electron chi connectivity index (χ0n) is 11.6. The molecule has 1 aromatic carbocycles. The maximum Gasteiger partial charge on any atom is 0.161 e. The quantitative estimate of drug-likeness (QED) is 0.825. The maximum absolute atomic E-state index is 5.59. The van der Waals surface area contributed by atoms with Gasteiger partial charge in [0.25, 0.3) is 0 Å². The first kappa shape index (κ1) is 13.7. The number of benzene rings is 1. The second kappa shape index (κ2) is 6.92. The molecule has 1 fully saturated rings. The van der Waals surface area contributed by atoms with E-state index in [1.54, 1.807) is 0 Å². The molecular formula is C15H21NO4. The van der Waals surface area contributed by atoms with E-state index < -0.39 is 0 Å². The average Bonchev–Trinajstić information content (AvgIpc) is 2.52. The number of rotatable bonds is 5. The summed E-state index contributed by atoms with van der Waals surface area (Å²) >= 11 is 0. The largest absolute Gasteiger partial charge is 0.486 e. The lowest BCUT2D eigenvalue weighted by molar-refractivity contribution is -0.137. The van der Waals surface area contributed by atoms with Crippen molar-refractivity contribution >= 4 is 0 Å². The zero-order valence-corrected chi connectivity index (χ0v) is 11.6. The van der Waals surface area contributed by atoms with Crippen LogP contribution in [0, 0.1) is 0 Å². The minimum Gasteiger partial charge on any atom is -0.486 e. The molecule has 1 unspecified atom stereocenters. The molecule has 0 saturated carbocycles. The summed E-state index contributed by atoms with van der Waals surface area (Å²) in [4.78, 5) is 0. The Kier molecular flexibility index (Phi) is 4.73. The Hall–Kier alpha value is -1.30. The van der Waals surface area contributed by atoms with Crippen molar-refractivity contribution in [2.24, 2.45) is 0 Å². The molecule has 5 heteroatoms. The van der Waals surface area contributed by atoms with Gasteiger partial charge in [-0.1, -0.05) is 6.07 Å².